The Hall–Kier alpha value is -3.14. The Morgan fingerprint density at radius 2 is 1.82 bits per heavy atom. The van der Waals surface area contributed by atoms with Gasteiger partial charge in [-0.1, -0.05) is 0 Å². The Balaban J connectivity index is 1.72. The maximum Gasteiger partial charge on any atom is 0.254 e. The summed E-state index contributed by atoms with van der Waals surface area (Å²) in [6.45, 7) is 3.30. The summed E-state index contributed by atoms with van der Waals surface area (Å²) in [6.07, 6.45) is 2.46. The SMILES string of the molecule is COc1ccc(-c2cc(C(=O)N3CCCC3)c3c(C)nn(C4CCS(=O)(=O)C4)c3n2)cc1OC. The van der Waals surface area contributed by atoms with Gasteiger partial charge in [0.25, 0.3) is 5.91 Å². The molecule has 10 heteroatoms. The van der Waals surface area contributed by atoms with Gasteiger partial charge in [-0.15, -0.1) is 0 Å². The van der Waals surface area contributed by atoms with Crippen molar-refractivity contribution in [1.82, 2.24) is 19.7 Å². The molecular formula is C24H28N4O5S. The number of hydrogen-bond donors (Lipinski definition) is 0. The average Bonchev–Trinajstić information content (AvgIpc) is 3.57. The number of sulfone groups is 1. The van der Waals surface area contributed by atoms with Gasteiger partial charge in [-0.2, -0.15) is 5.10 Å². The van der Waals surface area contributed by atoms with E-state index < -0.39 is 9.84 Å². The number of aromatic nitrogens is 3. The Morgan fingerprint density at radius 1 is 1.09 bits per heavy atom. The number of benzene rings is 1. The Kier molecular flexibility index (Phi) is 5.71. The van der Waals surface area contributed by atoms with Crippen molar-refractivity contribution in [2.24, 2.45) is 0 Å². The third kappa shape index (κ3) is 3.89. The second-order valence-corrected chi connectivity index (χ2v) is 11.1. The predicted octanol–water partition coefficient (Wildman–Crippen LogP) is 3.02. The average molecular weight is 485 g/mol. The van der Waals surface area contributed by atoms with Crippen molar-refractivity contribution in [3.05, 3.63) is 35.5 Å². The molecule has 1 aromatic carbocycles. The summed E-state index contributed by atoms with van der Waals surface area (Å²) < 4.78 is 36.9. The highest BCUT2D eigenvalue weighted by Crippen LogP contribution is 2.36. The minimum absolute atomic E-state index is 0.0287. The van der Waals surface area contributed by atoms with Crippen LogP contribution in [0.5, 0.6) is 11.5 Å². The number of pyridine rings is 1. The van der Waals surface area contributed by atoms with Crippen LogP contribution in [-0.4, -0.2) is 72.8 Å². The van der Waals surface area contributed by atoms with Gasteiger partial charge in [0.05, 0.1) is 54.1 Å². The largest absolute Gasteiger partial charge is 0.493 e. The summed E-state index contributed by atoms with van der Waals surface area (Å²) in [5.74, 6) is 1.26. The number of likely N-dealkylation sites (tertiary alicyclic amines) is 1. The molecule has 34 heavy (non-hydrogen) atoms. The first-order chi connectivity index (χ1) is 16.3. The van der Waals surface area contributed by atoms with E-state index in [1.165, 1.54) is 0 Å². The molecule has 3 aromatic rings. The highest BCUT2D eigenvalue weighted by molar-refractivity contribution is 7.91. The van der Waals surface area contributed by atoms with Gasteiger partial charge in [0.2, 0.25) is 0 Å². The van der Waals surface area contributed by atoms with E-state index in [4.69, 9.17) is 14.5 Å². The number of rotatable bonds is 5. The van der Waals surface area contributed by atoms with Crippen LogP contribution in [-0.2, 0) is 9.84 Å². The maximum atomic E-state index is 13.6. The summed E-state index contributed by atoms with van der Waals surface area (Å²) in [6, 6.07) is 7.00. The van der Waals surface area contributed by atoms with Gasteiger partial charge in [-0.3, -0.25) is 4.79 Å². The molecule has 2 saturated heterocycles. The number of carbonyl (C=O) groups is 1. The van der Waals surface area contributed by atoms with Crippen LogP contribution in [0, 0.1) is 6.92 Å². The molecule has 9 nitrogen and oxygen atoms in total. The van der Waals surface area contributed by atoms with Gasteiger partial charge >= 0.3 is 0 Å². The first-order valence-electron chi connectivity index (χ1n) is 11.4. The summed E-state index contributed by atoms with van der Waals surface area (Å²) >= 11 is 0. The molecule has 1 unspecified atom stereocenters. The maximum absolute atomic E-state index is 13.6. The zero-order valence-electron chi connectivity index (χ0n) is 19.6. The summed E-state index contributed by atoms with van der Waals surface area (Å²) in [4.78, 5) is 20.3. The van der Waals surface area contributed by atoms with Gasteiger partial charge in [0.15, 0.2) is 27.0 Å². The molecule has 1 atom stereocenters. The van der Waals surface area contributed by atoms with E-state index in [0.717, 1.165) is 31.5 Å². The lowest BCUT2D eigenvalue weighted by Gasteiger charge is -2.17. The zero-order chi connectivity index (χ0) is 24.0. The number of fused-ring (bicyclic) bond motifs is 1. The molecule has 0 bridgehead atoms. The second kappa shape index (κ2) is 8.57. The summed E-state index contributed by atoms with van der Waals surface area (Å²) in [5, 5.41) is 5.36. The van der Waals surface area contributed by atoms with E-state index >= 15 is 0 Å². The number of nitrogens with zero attached hydrogens (tertiary/aromatic N) is 4. The second-order valence-electron chi connectivity index (χ2n) is 8.91. The third-order valence-electron chi connectivity index (χ3n) is 6.69. The quantitative estimate of drug-likeness (QED) is 0.548. The van der Waals surface area contributed by atoms with E-state index in [1.54, 1.807) is 25.0 Å². The van der Waals surface area contributed by atoms with Crippen molar-refractivity contribution in [3.8, 4) is 22.8 Å². The Morgan fingerprint density at radius 3 is 2.47 bits per heavy atom. The topological polar surface area (TPSA) is 104 Å². The van der Waals surface area contributed by atoms with Gasteiger partial charge < -0.3 is 14.4 Å². The fourth-order valence-corrected chi connectivity index (χ4v) is 6.63. The van der Waals surface area contributed by atoms with Crippen molar-refractivity contribution >= 4 is 26.8 Å². The van der Waals surface area contributed by atoms with Gasteiger partial charge in [0, 0.05) is 18.7 Å². The molecule has 2 fully saturated rings. The lowest BCUT2D eigenvalue weighted by molar-refractivity contribution is 0.0794. The fourth-order valence-electron chi connectivity index (χ4n) is 4.94. The fraction of sp³-hybridized carbons (Fsp3) is 0.458. The number of hydrogen-bond acceptors (Lipinski definition) is 7. The van der Waals surface area contributed by atoms with Crippen molar-refractivity contribution < 1.29 is 22.7 Å². The lowest BCUT2D eigenvalue weighted by Crippen LogP contribution is -2.28. The first-order valence-corrected chi connectivity index (χ1v) is 13.3. The van der Waals surface area contributed by atoms with Crippen molar-refractivity contribution in [2.75, 3.05) is 38.8 Å². The Bertz CT molecular complexity index is 1380. The van der Waals surface area contributed by atoms with Crippen LogP contribution in [0.1, 0.15) is 41.4 Å². The first kappa shape index (κ1) is 22.6. The lowest BCUT2D eigenvalue weighted by atomic mass is 10.0. The van der Waals surface area contributed by atoms with Gasteiger partial charge in [-0.05, 0) is 50.5 Å². The van der Waals surface area contributed by atoms with Crippen LogP contribution in [0.25, 0.3) is 22.3 Å². The molecule has 180 valence electrons. The van der Waals surface area contributed by atoms with Crippen LogP contribution in [0.15, 0.2) is 24.3 Å². The molecule has 2 aliphatic rings. The predicted molar refractivity (Wildman–Crippen MR) is 128 cm³/mol. The van der Waals surface area contributed by atoms with Crippen molar-refractivity contribution in [3.63, 3.8) is 0 Å². The van der Waals surface area contributed by atoms with E-state index in [0.29, 0.717) is 45.9 Å². The van der Waals surface area contributed by atoms with Crippen molar-refractivity contribution in [2.45, 2.75) is 32.2 Å². The molecule has 0 aliphatic carbocycles. The van der Waals surface area contributed by atoms with Crippen LogP contribution in [0.2, 0.25) is 0 Å². The minimum atomic E-state index is -3.12. The monoisotopic (exact) mass is 484 g/mol. The highest BCUT2D eigenvalue weighted by atomic mass is 32.2. The van der Waals surface area contributed by atoms with E-state index in [2.05, 4.69) is 5.10 Å². The van der Waals surface area contributed by atoms with Gasteiger partial charge in [0.1, 0.15) is 0 Å². The molecule has 0 N–H and O–H groups in total. The number of ether oxygens (including phenoxy) is 2. The molecule has 4 heterocycles. The third-order valence-corrected chi connectivity index (χ3v) is 8.44. The van der Waals surface area contributed by atoms with E-state index in [1.807, 2.05) is 30.0 Å². The molecule has 0 spiro atoms. The Labute approximate surface area is 198 Å². The van der Waals surface area contributed by atoms with E-state index in [-0.39, 0.29) is 23.5 Å². The van der Waals surface area contributed by atoms with Crippen LogP contribution in [0.4, 0.5) is 0 Å². The van der Waals surface area contributed by atoms with Crippen molar-refractivity contribution in [1.29, 1.82) is 0 Å². The van der Waals surface area contributed by atoms with Crippen LogP contribution in [0.3, 0.4) is 0 Å². The molecule has 5 rings (SSSR count). The van der Waals surface area contributed by atoms with Crippen LogP contribution < -0.4 is 9.47 Å². The molecule has 0 radical (unpaired) electrons. The molecular weight excluding hydrogens is 456 g/mol. The number of carbonyl (C=O) groups excluding carboxylic acids is 1. The standard InChI is InChI=1S/C24H28N4O5S/c1-15-22-18(24(29)27-9-4-5-10-27)13-19(16-6-7-20(32-2)21(12-16)33-3)25-23(22)28(26-15)17-8-11-34(30,31)14-17/h6-7,12-13,17H,4-5,8-11,14H2,1-3H3. The molecule has 2 aromatic heterocycles. The van der Waals surface area contributed by atoms with E-state index in [9.17, 15) is 13.2 Å². The zero-order valence-corrected chi connectivity index (χ0v) is 20.4. The van der Waals surface area contributed by atoms with Gasteiger partial charge in [-0.25, -0.2) is 18.1 Å². The number of methoxy groups -OCH3 is 2. The smallest absolute Gasteiger partial charge is 0.254 e. The normalized spacial score (nSPS) is 19.6. The number of aryl methyl sites for hydroxylation is 1. The number of amides is 1. The summed E-state index contributed by atoms with van der Waals surface area (Å²) in [5.41, 5.74) is 3.11. The highest BCUT2D eigenvalue weighted by Gasteiger charge is 2.33. The molecule has 0 saturated carbocycles. The van der Waals surface area contributed by atoms with Crippen LogP contribution >= 0.6 is 0 Å². The summed E-state index contributed by atoms with van der Waals surface area (Å²) in [7, 11) is 0.0283. The molecule has 1 amide bonds. The molecule has 2 aliphatic heterocycles. The minimum Gasteiger partial charge on any atom is -0.493 e.